The Balaban J connectivity index is 2.15. The fraction of sp³-hybridized carbons (Fsp3) is 0.562. The van der Waals surface area contributed by atoms with Crippen LogP contribution < -0.4 is 15.4 Å². The van der Waals surface area contributed by atoms with E-state index in [1.807, 2.05) is 0 Å². The lowest BCUT2D eigenvalue weighted by molar-refractivity contribution is 0.0512. The van der Waals surface area contributed by atoms with Gasteiger partial charge in [0.15, 0.2) is 0 Å². The average Bonchev–Trinajstić information content (AvgIpc) is 2.54. The molecule has 3 N–H and O–H groups in total. The third kappa shape index (κ3) is 5.85. The summed E-state index contributed by atoms with van der Waals surface area (Å²) in [6.07, 6.45) is 2.82. The predicted molar refractivity (Wildman–Crippen MR) is 98.7 cm³/mol. The molecule has 1 saturated heterocycles. The van der Waals surface area contributed by atoms with E-state index in [4.69, 9.17) is 16.3 Å². The Bertz CT molecular complexity index is 713. The van der Waals surface area contributed by atoms with Gasteiger partial charge in [-0.3, -0.25) is 9.52 Å². The van der Waals surface area contributed by atoms with E-state index in [1.165, 1.54) is 18.2 Å². The van der Waals surface area contributed by atoms with Gasteiger partial charge in [0.05, 0.1) is 24.1 Å². The van der Waals surface area contributed by atoms with Crippen molar-refractivity contribution >= 4 is 33.2 Å². The van der Waals surface area contributed by atoms with Crippen LogP contribution in [-0.4, -0.2) is 53.9 Å². The van der Waals surface area contributed by atoms with Crippen LogP contribution in [0.1, 0.15) is 23.2 Å². The van der Waals surface area contributed by atoms with Crippen molar-refractivity contribution in [2.45, 2.75) is 12.8 Å². The summed E-state index contributed by atoms with van der Waals surface area (Å²) in [5.41, 5.74) is 0.272. The molecular weight excluding hydrogens is 366 g/mol. The largest absolute Gasteiger partial charge is 0.384 e. The Morgan fingerprint density at radius 3 is 2.64 bits per heavy atom. The highest BCUT2D eigenvalue weighted by molar-refractivity contribution is 7.92. The number of rotatable bonds is 7. The molecule has 1 amide bonds. The number of ether oxygens (including phenoxy) is 1. The first-order valence-corrected chi connectivity index (χ1v) is 10.3. The average molecular weight is 390 g/mol. The minimum absolute atomic E-state index is 0.126. The van der Waals surface area contributed by atoms with Crippen LogP contribution in [0.2, 0.25) is 5.02 Å². The van der Waals surface area contributed by atoms with Gasteiger partial charge in [0.1, 0.15) is 0 Å². The molecule has 0 radical (unpaired) electrons. The van der Waals surface area contributed by atoms with Crippen LogP contribution in [0.4, 0.5) is 5.69 Å². The number of hydrogen-bond acceptors (Lipinski definition) is 5. The lowest BCUT2D eigenvalue weighted by atomic mass is 9.79. The Morgan fingerprint density at radius 1 is 1.36 bits per heavy atom. The summed E-state index contributed by atoms with van der Waals surface area (Å²) in [4.78, 5) is 12.6. The van der Waals surface area contributed by atoms with E-state index in [2.05, 4.69) is 15.4 Å². The summed E-state index contributed by atoms with van der Waals surface area (Å²) in [5, 5.41) is 6.56. The fourth-order valence-corrected chi connectivity index (χ4v) is 3.74. The highest BCUT2D eigenvalue weighted by Gasteiger charge is 2.32. The SMILES string of the molecule is COCC1(CNC(=O)c2cc(Cl)ccc2NS(C)(=O)=O)CCNCC1. The number of sulfonamides is 1. The van der Waals surface area contributed by atoms with E-state index < -0.39 is 10.0 Å². The van der Waals surface area contributed by atoms with Gasteiger partial charge >= 0.3 is 0 Å². The summed E-state index contributed by atoms with van der Waals surface area (Å²) < 4.78 is 30.7. The summed E-state index contributed by atoms with van der Waals surface area (Å²) >= 11 is 5.97. The number of halogens is 1. The van der Waals surface area contributed by atoms with Crippen LogP contribution in [0, 0.1) is 5.41 Å². The number of carbonyl (C=O) groups excluding carboxylic acids is 1. The van der Waals surface area contributed by atoms with Gasteiger partial charge in [-0.05, 0) is 44.1 Å². The Kier molecular flexibility index (Phi) is 6.67. The van der Waals surface area contributed by atoms with E-state index in [1.54, 1.807) is 7.11 Å². The van der Waals surface area contributed by atoms with Gasteiger partial charge in [0.25, 0.3) is 5.91 Å². The molecular formula is C16H24ClN3O4S. The number of amides is 1. The van der Waals surface area contributed by atoms with Crippen molar-refractivity contribution in [1.82, 2.24) is 10.6 Å². The van der Waals surface area contributed by atoms with Gasteiger partial charge in [0, 0.05) is 24.1 Å². The fourth-order valence-electron chi connectivity index (χ4n) is 2.99. The smallest absolute Gasteiger partial charge is 0.253 e. The molecule has 2 rings (SSSR count). The molecule has 0 unspecified atom stereocenters. The van der Waals surface area contributed by atoms with Crippen LogP contribution >= 0.6 is 11.6 Å². The van der Waals surface area contributed by atoms with Gasteiger partial charge in [0.2, 0.25) is 10.0 Å². The molecule has 1 heterocycles. The number of methoxy groups -OCH3 is 1. The van der Waals surface area contributed by atoms with Gasteiger partial charge in [-0.1, -0.05) is 11.6 Å². The van der Waals surface area contributed by atoms with Crippen molar-refractivity contribution in [2.24, 2.45) is 5.41 Å². The zero-order valence-electron chi connectivity index (χ0n) is 14.4. The Morgan fingerprint density at radius 2 is 2.04 bits per heavy atom. The Labute approximate surface area is 153 Å². The van der Waals surface area contributed by atoms with Crippen LogP contribution in [-0.2, 0) is 14.8 Å². The number of nitrogens with one attached hydrogen (secondary N) is 3. The maximum absolute atomic E-state index is 12.6. The van der Waals surface area contributed by atoms with Crippen LogP contribution in [0.3, 0.4) is 0 Å². The molecule has 0 aromatic heterocycles. The number of hydrogen-bond donors (Lipinski definition) is 3. The molecule has 1 fully saturated rings. The van der Waals surface area contributed by atoms with E-state index in [9.17, 15) is 13.2 Å². The molecule has 0 bridgehead atoms. The second-order valence-electron chi connectivity index (χ2n) is 6.43. The minimum Gasteiger partial charge on any atom is -0.384 e. The van der Waals surface area contributed by atoms with E-state index in [0.717, 1.165) is 32.2 Å². The third-order valence-electron chi connectivity index (χ3n) is 4.26. The zero-order chi connectivity index (χ0) is 18.5. The first kappa shape index (κ1) is 20.0. The highest BCUT2D eigenvalue weighted by Crippen LogP contribution is 2.29. The van der Waals surface area contributed by atoms with E-state index in [0.29, 0.717) is 18.2 Å². The zero-order valence-corrected chi connectivity index (χ0v) is 16.0. The Hall–Kier alpha value is -1.35. The second-order valence-corrected chi connectivity index (χ2v) is 8.61. The maximum atomic E-state index is 12.6. The van der Waals surface area contributed by atoms with Crippen LogP contribution in [0.25, 0.3) is 0 Å². The second kappa shape index (κ2) is 8.35. The number of piperidine rings is 1. The molecule has 7 nitrogen and oxygen atoms in total. The van der Waals surface area contributed by atoms with E-state index >= 15 is 0 Å². The van der Waals surface area contributed by atoms with Crippen LogP contribution in [0.15, 0.2) is 18.2 Å². The molecule has 1 aromatic carbocycles. The first-order valence-electron chi connectivity index (χ1n) is 8.00. The first-order chi connectivity index (χ1) is 11.7. The van der Waals surface area contributed by atoms with Gasteiger partial charge in [-0.15, -0.1) is 0 Å². The molecule has 0 atom stereocenters. The van der Waals surface area contributed by atoms with Crippen molar-refractivity contribution in [3.63, 3.8) is 0 Å². The van der Waals surface area contributed by atoms with Crippen molar-refractivity contribution in [2.75, 3.05) is 44.3 Å². The summed E-state index contributed by atoms with van der Waals surface area (Å²) in [7, 11) is -1.85. The monoisotopic (exact) mass is 389 g/mol. The lowest BCUT2D eigenvalue weighted by Gasteiger charge is -2.37. The molecule has 1 aliphatic rings. The summed E-state index contributed by atoms with van der Waals surface area (Å²) in [5.74, 6) is -0.373. The standard InChI is InChI=1S/C16H24ClN3O4S/c1-24-11-16(5-7-18-8-6-16)10-19-15(21)13-9-12(17)3-4-14(13)20-25(2,22)23/h3-4,9,18,20H,5-8,10-11H2,1-2H3,(H,19,21). The summed E-state index contributed by atoms with van der Waals surface area (Å²) in [6.45, 7) is 2.75. The molecule has 140 valence electrons. The molecule has 25 heavy (non-hydrogen) atoms. The van der Waals surface area contributed by atoms with Gasteiger partial charge < -0.3 is 15.4 Å². The molecule has 1 aromatic rings. The topological polar surface area (TPSA) is 96.5 Å². The van der Waals surface area contributed by atoms with Crippen molar-refractivity contribution < 1.29 is 17.9 Å². The summed E-state index contributed by atoms with van der Waals surface area (Å²) in [6, 6.07) is 4.47. The van der Waals surface area contributed by atoms with Crippen molar-refractivity contribution in [3.8, 4) is 0 Å². The molecule has 1 aliphatic heterocycles. The maximum Gasteiger partial charge on any atom is 0.253 e. The van der Waals surface area contributed by atoms with E-state index in [-0.39, 0.29) is 22.6 Å². The molecule has 0 saturated carbocycles. The minimum atomic E-state index is -3.50. The van der Waals surface area contributed by atoms with Gasteiger partial charge in [-0.2, -0.15) is 0 Å². The third-order valence-corrected chi connectivity index (χ3v) is 5.09. The van der Waals surface area contributed by atoms with Crippen molar-refractivity contribution in [1.29, 1.82) is 0 Å². The quantitative estimate of drug-likeness (QED) is 0.656. The van der Waals surface area contributed by atoms with Crippen LogP contribution in [0.5, 0.6) is 0 Å². The molecule has 0 spiro atoms. The molecule has 0 aliphatic carbocycles. The molecule has 9 heteroatoms. The van der Waals surface area contributed by atoms with Gasteiger partial charge in [-0.25, -0.2) is 8.42 Å². The lowest BCUT2D eigenvalue weighted by Crippen LogP contribution is -2.47. The van der Waals surface area contributed by atoms with Crippen molar-refractivity contribution in [3.05, 3.63) is 28.8 Å². The number of benzene rings is 1. The number of carbonyl (C=O) groups is 1. The number of anilines is 1. The highest BCUT2D eigenvalue weighted by atomic mass is 35.5. The normalized spacial score (nSPS) is 17.1. The predicted octanol–water partition coefficient (Wildman–Crippen LogP) is 1.46.